The maximum absolute atomic E-state index is 6.21. The highest BCUT2D eigenvalue weighted by Crippen LogP contribution is 2.24. The van der Waals surface area contributed by atoms with Crippen LogP contribution in [0.2, 0.25) is 5.02 Å². The second-order valence-corrected chi connectivity index (χ2v) is 7.92. The number of hydrogen-bond donors (Lipinski definition) is 1. The smallest absolute Gasteiger partial charge is 0.157 e. The van der Waals surface area contributed by atoms with Crippen LogP contribution in [0.4, 0.5) is 0 Å². The van der Waals surface area contributed by atoms with E-state index in [1.807, 2.05) is 42.6 Å². The molecule has 0 amide bonds. The third kappa shape index (κ3) is 5.29. The summed E-state index contributed by atoms with van der Waals surface area (Å²) in [6.07, 6.45) is 4.52. The molecule has 1 aliphatic heterocycles. The average Bonchev–Trinajstić information content (AvgIpc) is 2.79. The number of fused-ring (bicyclic) bond motifs is 1. The van der Waals surface area contributed by atoms with Crippen molar-refractivity contribution in [1.82, 2.24) is 10.3 Å². The van der Waals surface area contributed by atoms with Gasteiger partial charge in [-0.1, -0.05) is 29.8 Å². The van der Waals surface area contributed by atoms with Gasteiger partial charge in [-0.25, -0.2) is 0 Å². The van der Waals surface area contributed by atoms with E-state index in [0.29, 0.717) is 19.8 Å². The van der Waals surface area contributed by atoms with Gasteiger partial charge >= 0.3 is 0 Å². The highest BCUT2D eigenvalue weighted by atomic mass is 35.5. The lowest BCUT2D eigenvalue weighted by Crippen LogP contribution is -2.44. The summed E-state index contributed by atoms with van der Waals surface area (Å²) in [4.78, 5) is 4.45. The van der Waals surface area contributed by atoms with Gasteiger partial charge in [-0.15, -0.1) is 0 Å². The average molecular weight is 427 g/mol. The molecule has 30 heavy (non-hydrogen) atoms. The van der Waals surface area contributed by atoms with Crippen LogP contribution in [0.5, 0.6) is 5.75 Å². The number of hydrogen-bond acceptors (Lipinski definition) is 5. The summed E-state index contributed by atoms with van der Waals surface area (Å²) < 4.78 is 17.2. The quantitative estimate of drug-likeness (QED) is 0.563. The first-order valence-electron chi connectivity index (χ1n) is 10.3. The number of ether oxygens (including phenoxy) is 3. The number of aryl methyl sites for hydroxylation is 1. The van der Waals surface area contributed by atoms with Crippen LogP contribution in [0.3, 0.4) is 0 Å². The van der Waals surface area contributed by atoms with Crippen molar-refractivity contribution in [3.63, 3.8) is 0 Å². The van der Waals surface area contributed by atoms with Crippen LogP contribution < -0.4 is 10.1 Å². The van der Waals surface area contributed by atoms with Gasteiger partial charge in [0.15, 0.2) is 6.29 Å². The third-order valence-corrected chi connectivity index (χ3v) is 5.80. The van der Waals surface area contributed by atoms with Gasteiger partial charge in [-0.3, -0.25) is 4.98 Å². The van der Waals surface area contributed by atoms with E-state index in [1.165, 1.54) is 5.56 Å². The molecular weight excluding hydrogens is 400 g/mol. The summed E-state index contributed by atoms with van der Waals surface area (Å²) >= 11 is 6.21. The first-order valence-corrected chi connectivity index (χ1v) is 10.7. The first-order chi connectivity index (χ1) is 14.7. The molecule has 0 bridgehead atoms. The van der Waals surface area contributed by atoms with Gasteiger partial charge in [-0.2, -0.15) is 0 Å². The predicted octanol–water partition coefficient (Wildman–Crippen LogP) is 4.75. The molecule has 158 valence electrons. The lowest BCUT2D eigenvalue weighted by Gasteiger charge is -2.30. The Balaban J connectivity index is 1.23. The molecule has 6 heteroatoms. The molecule has 0 unspecified atom stereocenters. The number of methoxy groups -OCH3 is 1. The Bertz CT molecular complexity index is 974. The number of benzene rings is 2. The lowest BCUT2D eigenvalue weighted by molar-refractivity contribution is -0.192. The number of aromatic nitrogens is 1. The standard InChI is InChI=1S/C24H27ClN2O3/c1-28-20-9-10-23-21(13-20)17(11-12-26-23)6-4-8-24-29-15-19(16-30-24)27-14-18-5-2-3-7-22(18)25/h2-3,5,7,9-13,19,24,27H,4,6,8,14-16H2,1H3/t19-,24-. The van der Waals surface area contributed by atoms with Gasteiger partial charge in [-0.05, 0) is 60.7 Å². The zero-order valence-corrected chi connectivity index (χ0v) is 17.9. The van der Waals surface area contributed by atoms with Crippen LogP contribution in [-0.2, 0) is 22.4 Å². The molecule has 2 aromatic carbocycles. The van der Waals surface area contributed by atoms with E-state index in [-0.39, 0.29) is 12.3 Å². The molecule has 0 aliphatic carbocycles. The fraction of sp³-hybridized carbons (Fsp3) is 0.375. The summed E-state index contributed by atoms with van der Waals surface area (Å²) in [5, 5.41) is 5.38. The topological polar surface area (TPSA) is 52.6 Å². The molecule has 1 fully saturated rings. The summed E-state index contributed by atoms with van der Waals surface area (Å²) in [7, 11) is 1.69. The van der Waals surface area contributed by atoms with E-state index in [9.17, 15) is 0 Å². The maximum Gasteiger partial charge on any atom is 0.157 e. The van der Waals surface area contributed by atoms with E-state index >= 15 is 0 Å². The second-order valence-electron chi connectivity index (χ2n) is 7.51. The number of rotatable bonds is 8. The van der Waals surface area contributed by atoms with E-state index in [2.05, 4.69) is 22.4 Å². The van der Waals surface area contributed by atoms with Crippen LogP contribution in [0.25, 0.3) is 10.9 Å². The third-order valence-electron chi connectivity index (χ3n) is 5.43. The molecule has 1 aliphatic rings. The van der Waals surface area contributed by atoms with Crippen molar-refractivity contribution in [1.29, 1.82) is 0 Å². The normalized spacial score (nSPS) is 19.1. The molecule has 1 saturated heterocycles. The van der Waals surface area contributed by atoms with Crippen molar-refractivity contribution >= 4 is 22.5 Å². The van der Waals surface area contributed by atoms with Crippen molar-refractivity contribution < 1.29 is 14.2 Å². The maximum atomic E-state index is 6.21. The number of pyridine rings is 1. The van der Waals surface area contributed by atoms with Crippen molar-refractivity contribution in [2.75, 3.05) is 20.3 Å². The monoisotopic (exact) mass is 426 g/mol. The highest BCUT2D eigenvalue weighted by Gasteiger charge is 2.21. The number of nitrogens with zero attached hydrogens (tertiary/aromatic N) is 1. The molecule has 5 nitrogen and oxygen atoms in total. The van der Waals surface area contributed by atoms with Gasteiger partial charge in [0.25, 0.3) is 0 Å². The van der Waals surface area contributed by atoms with E-state index in [0.717, 1.165) is 46.5 Å². The minimum atomic E-state index is -0.147. The molecule has 0 atom stereocenters. The molecule has 4 rings (SSSR count). The lowest BCUT2D eigenvalue weighted by atomic mass is 10.0. The van der Waals surface area contributed by atoms with Crippen molar-refractivity contribution in [3.05, 3.63) is 70.9 Å². The van der Waals surface area contributed by atoms with Crippen LogP contribution >= 0.6 is 11.6 Å². The molecule has 1 aromatic heterocycles. The highest BCUT2D eigenvalue weighted by molar-refractivity contribution is 6.31. The Morgan fingerprint density at radius 2 is 1.93 bits per heavy atom. The second kappa shape index (κ2) is 10.2. The zero-order chi connectivity index (χ0) is 20.8. The van der Waals surface area contributed by atoms with Crippen LogP contribution in [0, 0.1) is 0 Å². The van der Waals surface area contributed by atoms with Gasteiger partial charge in [0, 0.05) is 23.2 Å². The van der Waals surface area contributed by atoms with Gasteiger partial charge in [0.1, 0.15) is 5.75 Å². The summed E-state index contributed by atoms with van der Waals surface area (Å²) in [6, 6.07) is 16.1. The fourth-order valence-corrected chi connectivity index (χ4v) is 3.91. The number of halogens is 1. The molecule has 3 aromatic rings. The Morgan fingerprint density at radius 3 is 2.73 bits per heavy atom. The Hall–Kier alpha value is -2.18. The SMILES string of the molecule is COc1ccc2nccc(CCC[C@H]3OC[C@H](NCc4ccccc4Cl)CO3)c2c1. The zero-order valence-electron chi connectivity index (χ0n) is 17.1. The van der Waals surface area contributed by atoms with E-state index < -0.39 is 0 Å². The van der Waals surface area contributed by atoms with Gasteiger partial charge in [0.05, 0.1) is 31.9 Å². The number of nitrogens with one attached hydrogen (secondary N) is 1. The van der Waals surface area contributed by atoms with Crippen molar-refractivity contribution in [2.24, 2.45) is 0 Å². The van der Waals surface area contributed by atoms with Gasteiger partial charge < -0.3 is 19.5 Å². The summed E-state index contributed by atoms with van der Waals surface area (Å²) in [5.41, 5.74) is 3.35. The largest absolute Gasteiger partial charge is 0.497 e. The Labute approximate surface area is 182 Å². The minimum Gasteiger partial charge on any atom is -0.497 e. The van der Waals surface area contributed by atoms with E-state index in [4.69, 9.17) is 25.8 Å². The first kappa shape index (κ1) is 21.1. The predicted molar refractivity (Wildman–Crippen MR) is 119 cm³/mol. The van der Waals surface area contributed by atoms with Gasteiger partial charge in [0.2, 0.25) is 0 Å². The van der Waals surface area contributed by atoms with Crippen LogP contribution in [0.15, 0.2) is 54.7 Å². The summed E-state index contributed by atoms with van der Waals surface area (Å²) in [6.45, 7) is 2.00. The molecule has 2 heterocycles. The molecular formula is C24H27ClN2O3. The Morgan fingerprint density at radius 1 is 1.10 bits per heavy atom. The van der Waals surface area contributed by atoms with E-state index in [1.54, 1.807) is 7.11 Å². The van der Waals surface area contributed by atoms with Crippen molar-refractivity contribution in [3.8, 4) is 5.75 Å². The Kier molecular flexibility index (Phi) is 7.18. The molecule has 1 N–H and O–H groups in total. The fourth-order valence-electron chi connectivity index (χ4n) is 3.71. The van der Waals surface area contributed by atoms with Crippen LogP contribution in [-0.4, -0.2) is 37.6 Å². The van der Waals surface area contributed by atoms with Crippen molar-refractivity contribution in [2.45, 2.75) is 38.1 Å². The summed E-state index contributed by atoms with van der Waals surface area (Å²) in [5.74, 6) is 0.853. The van der Waals surface area contributed by atoms with Crippen LogP contribution in [0.1, 0.15) is 24.0 Å². The molecule has 0 radical (unpaired) electrons. The molecule has 0 spiro atoms. The minimum absolute atomic E-state index is 0.147. The molecule has 0 saturated carbocycles.